The Hall–Kier alpha value is -1.93. The van der Waals surface area contributed by atoms with Crippen LogP contribution in [-0.4, -0.2) is 43.1 Å². The standard InChI is InChI=1S/C18H31N3O5/c1-14(22)16(19)11-7-8-12-20-17(23)13-25-21-18(24)26-15-9-5-3-2-4-6-10-15/h5,9,15-16H,2-4,6-8,10-13,19H2,1H3,(H,20,23)(H,21,24)/b9-5+/t15?,16-/m1/s1. The molecule has 0 aromatic carbocycles. The quantitative estimate of drug-likeness (QED) is 0.306. The summed E-state index contributed by atoms with van der Waals surface area (Å²) in [5.41, 5.74) is 7.74. The maximum Gasteiger partial charge on any atom is 0.431 e. The van der Waals surface area contributed by atoms with Gasteiger partial charge in [0.2, 0.25) is 5.91 Å². The Morgan fingerprint density at radius 3 is 2.81 bits per heavy atom. The molecule has 0 saturated carbocycles. The monoisotopic (exact) mass is 369 g/mol. The van der Waals surface area contributed by atoms with Gasteiger partial charge in [0.15, 0.2) is 6.61 Å². The van der Waals surface area contributed by atoms with Gasteiger partial charge in [-0.25, -0.2) is 4.79 Å². The Morgan fingerprint density at radius 1 is 1.23 bits per heavy atom. The van der Waals surface area contributed by atoms with Crippen molar-refractivity contribution >= 4 is 17.8 Å². The summed E-state index contributed by atoms with van der Waals surface area (Å²) in [6.45, 7) is 1.64. The lowest BCUT2D eigenvalue weighted by molar-refractivity contribution is -0.127. The largest absolute Gasteiger partial charge is 0.441 e. The van der Waals surface area contributed by atoms with Crippen LogP contribution in [0.5, 0.6) is 0 Å². The fraction of sp³-hybridized carbons (Fsp3) is 0.722. The molecule has 1 aliphatic carbocycles. The molecule has 0 fully saturated rings. The van der Waals surface area contributed by atoms with E-state index >= 15 is 0 Å². The zero-order chi connectivity index (χ0) is 19.2. The summed E-state index contributed by atoms with van der Waals surface area (Å²) in [5.74, 6) is -0.373. The van der Waals surface area contributed by atoms with Crippen LogP contribution in [0.3, 0.4) is 0 Å². The fourth-order valence-electron chi connectivity index (χ4n) is 2.52. The molecule has 1 aliphatic rings. The van der Waals surface area contributed by atoms with Gasteiger partial charge in [0, 0.05) is 6.54 Å². The van der Waals surface area contributed by atoms with Gasteiger partial charge in [0.1, 0.15) is 11.9 Å². The number of allylic oxidation sites excluding steroid dienone is 1. The molecule has 4 N–H and O–H groups in total. The Kier molecular flexibility index (Phi) is 11.3. The summed E-state index contributed by atoms with van der Waals surface area (Å²) < 4.78 is 5.23. The van der Waals surface area contributed by atoms with Crippen LogP contribution < -0.4 is 16.5 Å². The van der Waals surface area contributed by atoms with E-state index in [0.717, 1.165) is 44.9 Å². The summed E-state index contributed by atoms with van der Waals surface area (Å²) in [4.78, 5) is 39.1. The van der Waals surface area contributed by atoms with Crippen LogP contribution in [-0.2, 0) is 19.2 Å². The molecule has 8 nitrogen and oxygen atoms in total. The molecule has 0 saturated heterocycles. The van der Waals surface area contributed by atoms with Gasteiger partial charge in [-0.2, -0.15) is 5.48 Å². The lowest BCUT2D eigenvalue weighted by Gasteiger charge is -2.16. The third kappa shape index (κ3) is 10.8. The molecule has 8 heteroatoms. The van der Waals surface area contributed by atoms with E-state index in [2.05, 4.69) is 10.8 Å². The van der Waals surface area contributed by atoms with Crippen molar-refractivity contribution in [1.29, 1.82) is 0 Å². The number of ketones is 1. The number of ether oxygens (including phenoxy) is 1. The Morgan fingerprint density at radius 2 is 2.04 bits per heavy atom. The average Bonchev–Trinajstić information content (AvgIpc) is 2.56. The Labute approximate surface area is 154 Å². The number of hydrogen-bond donors (Lipinski definition) is 3. The van der Waals surface area contributed by atoms with Crippen LogP contribution in [0, 0.1) is 0 Å². The van der Waals surface area contributed by atoms with Crippen LogP contribution in [0.15, 0.2) is 12.2 Å². The number of amides is 2. The van der Waals surface area contributed by atoms with Gasteiger partial charge in [-0.05, 0) is 57.9 Å². The van der Waals surface area contributed by atoms with Gasteiger partial charge in [-0.15, -0.1) is 0 Å². The minimum atomic E-state index is -0.703. The van der Waals surface area contributed by atoms with Gasteiger partial charge >= 0.3 is 6.09 Å². The first-order chi connectivity index (χ1) is 12.5. The van der Waals surface area contributed by atoms with Crippen molar-refractivity contribution in [2.45, 2.75) is 70.4 Å². The predicted molar refractivity (Wildman–Crippen MR) is 97.1 cm³/mol. The molecule has 0 radical (unpaired) electrons. The van der Waals surface area contributed by atoms with Gasteiger partial charge in [-0.3, -0.25) is 14.4 Å². The second kappa shape index (κ2) is 13.3. The highest BCUT2D eigenvalue weighted by Gasteiger charge is 2.13. The van der Waals surface area contributed by atoms with E-state index in [9.17, 15) is 14.4 Å². The molecule has 0 bridgehead atoms. The summed E-state index contributed by atoms with van der Waals surface area (Å²) in [7, 11) is 0. The fourth-order valence-corrected chi connectivity index (χ4v) is 2.52. The van der Waals surface area contributed by atoms with E-state index in [1.54, 1.807) is 0 Å². The van der Waals surface area contributed by atoms with Crippen LogP contribution >= 0.6 is 0 Å². The normalized spacial score (nSPS) is 19.5. The topological polar surface area (TPSA) is 120 Å². The number of hydroxylamine groups is 1. The highest BCUT2D eigenvalue weighted by Crippen LogP contribution is 2.14. The Balaban J connectivity index is 2.05. The molecule has 1 unspecified atom stereocenters. The molecular formula is C18H31N3O5. The number of unbranched alkanes of at least 4 members (excludes halogenated alkanes) is 1. The van der Waals surface area contributed by atoms with Crippen molar-refractivity contribution in [2.75, 3.05) is 13.2 Å². The SMILES string of the molecule is CC(=O)[C@H](N)CCCCNC(=O)CONC(=O)OC1/C=C/CCCCC1. The van der Waals surface area contributed by atoms with Gasteiger partial charge in [-0.1, -0.05) is 12.5 Å². The molecule has 0 spiro atoms. The van der Waals surface area contributed by atoms with E-state index in [0.29, 0.717) is 13.0 Å². The van der Waals surface area contributed by atoms with E-state index < -0.39 is 12.1 Å². The second-order valence-electron chi connectivity index (χ2n) is 6.46. The zero-order valence-corrected chi connectivity index (χ0v) is 15.5. The summed E-state index contributed by atoms with van der Waals surface area (Å²) in [6.07, 6.45) is 10.1. The van der Waals surface area contributed by atoms with E-state index in [4.69, 9.17) is 15.3 Å². The third-order valence-electron chi connectivity index (χ3n) is 4.11. The first-order valence-electron chi connectivity index (χ1n) is 9.27. The number of nitrogens with two attached hydrogens (primary N) is 1. The van der Waals surface area contributed by atoms with Crippen molar-refractivity contribution in [3.8, 4) is 0 Å². The van der Waals surface area contributed by atoms with Crippen molar-refractivity contribution in [3.05, 3.63) is 12.2 Å². The van der Waals surface area contributed by atoms with Gasteiger partial charge in [0.25, 0.3) is 0 Å². The molecule has 26 heavy (non-hydrogen) atoms. The first kappa shape index (κ1) is 22.1. The van der Waals surface area contributed by atoms with Gasteiger partial charge < -0.3 is 15.8 Å². The average molecular weight is 369 g/mol. The molecule has 0 aromatic heterocycles. The van der Waals surface area contributed by atoms with E-state index in [-0.39, 0.29) is 24.4 Å². The van der Waals surface area contributed by atoms with Crippen LogP contribution in [0.1, 0.15) is 58.3 Å². The van der Waals surface area contributed by atoms with Crippen LogP contribution in [0.4, 0.5) is 4.79 Å². The maximum atomic E-state index is 11.6. The number of Topliss-reactive ketones (excluding diaryl/α,β-unsaturated/α-hetero) is 1. The van der Waals surface area contributed by atoms with Crippen LogP contribution in [0.25, 0.3) is 0 Å². The number of carbonyl (C=O) groups excluding carboxylic acids is 3. The third-order valence-corrected chi connectivity index (χ3v) is 4.11. The number of carbonyl (C=O) groups is 3. The smallest absolute Gasteiger partial charge is 0.431 e. The Bertz CT molecular complexity index is 481. The van der Waals surface area contributed by atoms with Gasteiger partial charge in [0.05, 0.1) is 6.04 Å². The summed E-state index contributed by atoms with van der Waals surface area (Å²) in [5, 5.41) is 2.66. The zero-order valence-electron chi connectivity index (χ0n) is 15.5. The lowest BCUT2D eigenvalue weighted by atomic mass is 10.0. The maximum absolute atomic E-state index is 11.6. The highest BCUT2D eigenvalue weighted by molar-refractivity contribution is 5.81. The summed E-state index contributed by atoms with van der Waals surface area (Å²) >= 11 is 0. The molecule has 2 amide bonds. The minimum absolute atomic E-state index is 0.0321. The van der Waals surface area contributed by atoms with Crippen molar-refractivity contribution < 1.29 is 24.0 Å². The van der Waals surface area contributed by atoms with E-state index in [1.165, 1.54) is 6.92 Å². The minimum Gasteiger partial charge on any atom is -0.441 e. The van der Waals surface area contributed by atoms with E-state index in [1.807, 2.05) is 12.2 Å². The molecule has 0 aromatic rings. The molecule has 0 aliphatic heterocycles. The molecule has 148 valence electrons. The number of nitrogens with one attached hydrogen (secondary N) is 2. The van der Waals surface area contributed by atoms with Crippen molar-refractivity contribution in [2.24, 2.45) is 5.73 Å². The van der Waals surface area contributed by atoms with Crippen molar-refractivity contribution in [1.82, 2.24) is 10.8 Å². The lowest BCUT2D eigenvalue weighted by Crippen LogP contribution is -2.35. The number of rotatable bonds is 10. The molecular weight excluding hydrogens is 338 g/mol. The highest BCUT2D eigenvalue weighted by atomic mass is 16.7. The predicted octanol–water partition coefficient (Wildman–Crippen LogP) is 1.74. The molecule has 2 atom stereocenters. The molecule has 1 rings (SSSR count). The first-order valence-corrected chi connectivity index (χ1v) is 9.27. The van der Waals surface area contributed by atoms with Crippen LogP contribution in [0.2, 0.25) is 0 Å². The molecule has 0 heterocycles. The second-order valence-corrected chi connectivity index (χ2v) is 6.46. The number of hydrogen-bond acceptors (Lipinski definition) is 6. The summed E-state index contributed by atoms with van der Waals surface area (Å²) in [6, 6.07) is -0.433. The van der Waals surface area contributed by atoms with Crippen molar-refractivity contribution in [3.63, 3.8) is 0 Å².